The maximum Gasteiger partial charge on any atom is 0.0743 e. The van der Waals surface area contributed by atoms with E-state index >= 15 is 0 Å². The summed E-state index contributed by atoms with van der Waals surface area (Å²) in [6, 6.07) is 9.36. The van der Waals surface area contributed by atoms with Crippen molar-refractivity contribution in [3.05, 3.63) is 56.3 Å². The third-order valence-electron chi connectivity index (χ3n) is 4.12. The highest BCUT2D eigenvalue weighted by atomic mass is 79.9. The van der Waals surface area contributed by atoms with Gasteiger partial charge in [0.05, 0.1) is 4.83 Å². The van der Waals surface area contributed by atoms with E-state index < -0.39 is 0 Å². The van der Waals surface area contributed by atoms with E-state index in [0.717, 1.165) is 25.7 Å². The summed E-state index contributed by atoms with van der Waals surface area (Å²) in [6.07, 6.45) is 4.45. The van der Waals surface area contributed by atoms with Crippen LogP contribution in [-0.2, 0) is 25.7 Å². The lowest BCUT2D eigenvalue weighted by atomic mass is 9.91. The van der Waals surface area contributed by atoms with Gasteiger partial charge < -0.3 is 0 Å². The summed E-state index contributed by atoms with van der Waals surface area (Å²) in [4.78, 5) is 3.23. The minimum absolute atomic E-state index is 0.332. The van der Waals surface area contributed by atoms with Crippen molar-refractivity contribution in [3.8, 4) is 0 Å². The van der Waals surface area contributed by atoms with Gasteiger partial charge in [-0.1, -0.05) is 55.8 Å². The molecule has 21 heavy (non-hydrogen) atoms. The molecule has 0 aliphatic carbocycles. The molecule has 0 N–H and O–H groups in total. The molecule has 1 unspecified atom stereocenters. The molecular weight excluding hydrogens is 340 g/mol. The van der Waals surface area contributed by atoms with Crippen LogP contribution >= 0.6 is 27.3 Å². The third kappa shape index (κ3) is 3.60. The van der Waals surface area contributed by atoms with Crippen molar-refractivity contribution in [3.63, 3.8) is 0 Å². The van der Waals surface area contributed by atoms with Crippen LogP contribution in [0.2, 0.25) is 0 Å². The molecule has 0 nitrogen and oxygen atoms in total. The minimum Gasteiger partial charge on any atom is -0.144 e. The SMILES string of the molecule is CCc1cc(CC)c(C(Br)c2ccc(CC)s2)c(CC)c1. The second kappa shape index (κ2) is 7.60. The Morgan fingerprint density at radius 1 is 0.905 bits per heavy atom. The highest BCUT2D eigenvalue weighted by Crippen LogP contribution is 2.39. The van der Waals surface area contributed by atoms with E-state index in [1.54, 1.807) is 0 Å². The van der Waals surface area contributed by atoms with Gasteiger partial charge in [-0.3, -0.25) is 0 Å². The molecule has 0 aliphatic heterocycles. The largest absolute Gasteiger partial charge is 0.144 e. The molecule has 0 radical (unpaired) electrons. The summed E-state index contributed by atoms with van der Waals surface area (Å²) < 4.78 is 0. The first kappa shape index (κ1) is 16.8. The van der Waals surface area contributed by atoms with Gasteiger partial charge in [0.15, 0.2) is 0 Å². The summed E-state index contributed by atoms with van der Waals surface area (Å²) in [5, 5.41) is 0. The fraction of sp³-hybridized carbons (Fsp3) is 0.474. The first-order valence-electron chi connectivity index (χ1n) is 8.01. The van der Waals surface area contributed by atoms with E-state index in [2.05, 4.69) is 67.9 Å². The second-order valence-electron chi connectivity index (χ2n) is 5.41. The van der Waals surface area contributed by atoms with Crippen molar-refractivity contribution in [1.82, 2.24) is 0 Å². The molecule has 0 spiro atoms. The van der Waals surface area contributed by atoms with Crippen molar-refractivity contribution in [1.29, 1.82) is 0 Å². The van der Waals surface area contributed by atoms with Gasteiger partial charge >= 0.3 is 0 Å². The number of hydrogen-bond donors (Lipinski definition) is 0. The number of aryl methyl sites for hydroxylation is 4. The smallest absolute Gasteiger partial charge is 0.0743 e. The van der Waals surface area contributed by atoms with E-state index in [-0.39, 0.29) is 0 Å². The topological polar surface area (TPSA) is 0 Å². The molecule has 1 aromatic heterocycles. The van der Waals surface area contributed by atoms with Crippen LogP contribution in [0.3, 0.4) is 0 Å². The van der Waals surface area contributed by atoms with Crippen molar-refractivity contribution < 1.29 is 0 Å². The van der Waals surface area contributed by atoms with Crippen LogP contribution in [0.1, 0.15) is 64.5 Å². The van der Waals surface area contributed by atoms with Crippen LogP contribution in [-0.4, -0.2) is 0 Å². The molecule has 0 saturated carbocycles. The van der Waals surface area contributed by atoms with E-state index in [9.17, 15) is 0 Å². The van der Waals surface area contributed by atoms with Crippen LogP contribution in [0, 0.1) is 0 Å². The molecular formula is C19H25BrS. The monoisotopic (exact) mass is 364 g/mol. The zero-order chi connectivity index (χ0) is 15.4. The summed E-state index contributed by atoms with van der Waals surface area (Å²) in [5.41, 5.74) is 5.97. The lowest BCUT2D eigenvalue weighted by Gasteiger charge is -2.19. The maximum atomic E-state index is 3.98. The summed E-state index contributed by atoms with van der Waals surface area (Å²) in [5.74, 6) is 0. The Morgan fingerprint density at radius 2 is 1.52 bits per heavy atom. The Balaban J connectivity index is 2.50. The zero-order valence-corrected chi connectivity index (χ0v) is 15.9. The van der Waals surface area contributed by atoms with Crippen LogP contribution in [0.25, 0.3) is 0 Å². The van der Waals surface area contributed by atoms with Crippen molar-refractivity contribution in [2.45, 2.75) is 58.2 Å². The molecule has 0 bridgehead atoms. The maximum absolute atomic E-state index is 3.98. The molecule has 0 aliphatic rings. The van der Waals surface area contributed by atoms with E-state index in [4.69, 9.17) is 0 Å². The number of thiophene rings is 1. The van der Waals surface area contributed by atoms with Gasteiger partial charge in [0.1, 0.15) is 0 Å². The molecule has 2 aromatic rings. The average Bonchev–Trinajstić information content (AvgIpc) is 3.01. The van der Waals surface area contributed by atoms with Crippen LogP contribution in [0.4, 0.5) is 0 Å². The lowest BCUT2D eigenvalue weighted by Crippen LogP contribution is -2.04. The quantitative estimate of drug-likeness (QED) is 0.514. The van der Waals surface area contributed by atoms with Gasteiger partial charge in [0.2, 0.25) is 0 Å². The molecule has 1 heterocycles. The molecule has 114 valence electrons. The molecule has 2 rings (SSSR count). The first-order chi connectivity index (χ1) is 10.1. The minimum atomic E-state index is 0.332. The van der Waals surface area contributed by atoms with Crippen molar-refractivity contribution in [2.75, 3.05) is 0 Å². The fourth-order valence-corrected chi connectivity index (χ4v) is 4.79. The van der Waals surface area contributed by atoms with Gasteiger partial charge in [-0.25, -0.2) is 0 Å². The molecule has 0 fully saturated rings. The lowest BCUT2D eigenvalue weighted by molar-refractivity contribution is 0.981. The molecule has 0 amide bonds. The first-order valence-corrected chi connectivity index (χ1v) is 9.74. The number of hydrogen-bond acceptors (Lipinski definition) is 1. The van der Waals surface area contributed by atoms with Gasteiger partial charge in [0.25, 0.3) is 0 Å². The standard InChI is InChI=1S/C19H25BrS/c1-5-13-11-14(6-2)18(15(7-3)12-13)19(20)17-10-9-16(8-4)21-17/h9-12,19H,5-8H2,1-4H3. The van der Waals surface area contributed by atoms with Gasteiger partial charge in [-0.05, 0) is 60.1 Å². The Hall–Kier alpha value is -0.600. The van der Waals surface area contributed by atoms with E-state index in [1.165, 1.54) is 32.0 Å². The summed E-state index contributed by atoms with van der Waals surface area (Å²) in [6.45, 7) is 9.00. The van der Waals surface area contributed by atoms with E-state index in [1.807, 2.05) is 11.3 Å². The summed E-state index contributed by atoms with van der Waals surface area (Å²) >= 11 is 5.91. The fourth-order valence-electron chi connectivity index (χ4n) is 2.83. The number of benzene rings is 1. The van der Waals surface area contributed by atoms with Gasteiger partial charge in [-0.2, -0.15) is 0 Å². The molecule has 1 atom stereocenters. The highest BCUT2D eigenvalue weighted by molar-refractivity contribution is 9.09. The van der Waals surface area contributed by atoms with Crippen LogP contribution in [0.5, 0.6) is 0 Å². The highest BCUT2D eigenvalue weighted by Gasteiger charge is 2.19. The normalized spacial score (nSPS) is 12.6. The predicted molar refractivity (Wildman–Crippen MR) is 99.0 cm³/mol. The van der Waals surface area contributed by atoms with Crippen LogP contribution < -0.4 is 0 Å². The van der Waals surface area contributed by atoms with E-state index in [0.29, 0.717) is 4.83 Å². The van der Waals surface area contributed by atoms with Gasteiger partial charge in [-0.15, -0.1) is 11.3 Å². The predicted octanol–water partition coefficient (Wildman–Crippen LogP) is 6.48. The second-order valence-corrected chi connectivity index (χ2v) is 7.52. The zero-order valence-electron chi connectivity index (χ0n) is 13.5. The Labute approximate surface area is 141 Å². The molecule has 0 saturated heterocycles. The van der Waals surface area contributed by atoms with Crippen molar-refractivity contribution in [2.24, 2.45) is 0 Å². The Bertz CT molecular complexity index is 572. The van der Waals surface area contributed by atoms with Gasteiger partial charge in [0, 0.05) is 9.75 Å². The molecule has 2 heteroatoms. The number of alkyl halides is 1. The van der Waals surface area contributed by atoms with Crippen molar-refractivity contribution >= 4 is 27.3 Å². The van der Waals surface area contributed by atoms with Crippen LogP contribution in [0.15, 0.2) is 24.3 Å². The Kier molecular flexibility index (Phi) is 6.07. The summed E-state index contributed by atoms with van der Waals surface area (Å²) in [7, 11) is 0. The number of halogens is 1. The molecule has 1 aromatic carbocycles. The Morgan fingerprint density at radius 3 is 1.95 bits per heavy atom. The third-order valence-corrected chi connectivity index (χ3v) is 6.66. The number of rotatable bonds is 6. The average molecular weight is 365 g/mol.